The van der Waals surface area contributed by atoms with Gasteiger partial charge >= 0.3 is 0 Å². The normalized spacial score (nSPS) is 11.8. The van der Waals surface area contributed by atoms with Crippen LogP contribution in [0.4, 0.5) is 0 Å². The van der Waals surface area contributed by atoms with E-state index in [2.05, 4.69) is 490 Å². The molecule has 0 saturated heterocycles. The van der Waals surface area contributed by atoms with Crippen molar-refractivity contribution in [2.45, 2.75) is 121 Å². The van der Waals surface area contributed by atoms with Crippen LogP contribution in [0.1, 0.15) is 119 Å². The van der Waals surface area contributed by atoms with Gasteiger partial charge in [0.25, 0.3) is 23.3 Å². The van der Waals surface area contributed by atoms with Crippen LogP contribution in [0.3, 0.4) is 0 Å². The Balaban J connectivity index is 0.000000113. The van der Waals surface area contributed by atoms with Crippen molar-refractivity contribution in [1.29, 1.82) is 0 Å². The highest BCUT2D eigenvalue weighted by molar-refractivity contribution is 7.19. The fraction of sp³-hybridized carbons (Fsp3) is 0.183. The van der Waals surface area contributed by atoms with Gasteiger partial charge in [0.05, 0.1) is 111 Å². The van der Waals surface area contributed by atoms with E-state index >= 15 is 0 Å². The second-order valence-corrected chi connectivity index (χ2v) is 42.5. The van der Waals surface area contributed by atoms with Gasteiger partial charge in [-0.15, -0.1) is 45.3 Å². The van der Waals surface area contributed by atoms with Crippen molar-refractivity contribution in [3.8, 4) is 102 Å². The van der Waals surface area contributed by atoms with Crippen molar-refractivity contribution >= 4 is 130 Å². The molecule has 8 heterocycles. The summed E-state index contributed by atoms with van der Waals surface area (Å²) in [5.74, 6) is 5.39. The summed E-state index contributed by atoms with van der Waals surface area (Å²) in [6, 6.07) is 116. The maximum Gasteiger partial charge on any atom is 0.295 e. The van der Waals surface area contributed by atoms with E-state index in [0.29, 0.717) is 11.8 Å². The largest absolute Gasteiger partial charge is 0.295 e. The molecule has 0 spiro atoms. The smallest absolute Gasteiger partial charge is 0.241 e. The first-order valence-electron chi connectivity index (χ1n) is 46.9. The SMILES string of the molecule is Cc1nc2cc(-c3n(-c4c(C(C)C)cc(-c5ccccc5)cc4C(C)C)c4ccccc4[n+]3C)c(C)cc2s1.Cc1nc2cc(-c3n(-c4ccc(-c5ccccc5)cc4)c4ccccc4[n+]3C)c(C)cc2s1.Cc1nc2cc(-c3n(-c4ccc(C(C)(C)C)cc4)c4ccccc4[n+]3C)c(C)cc2s1.Cc1nc2cc(-c3n(-c4ccccc4-c4ccccc4)c4ccccc4[n+]3C)c(C)cc2s1. The minimum atomic E-state index is 0.134. The molecule has 0 saturated carbocycles. The second-order valence-electron chi connectivity index (χ2n) is 37.6. The van der Waals surface area contributed by atoms with E-state index in [1.807, 2.05) is 0 Å². The van der Waals surface area contributed by atoms with Crippen LogP contribution in [-0.2, 0) is 33.6 Å². The number of aryl methyl sites for hydroxylation is 12. The fourth-order valence-corrected chi connectivity index (χ4v) is 23.5. The van der Waals surface area contributed by atoms with E-state index in [4.69, 9.17) is 19.9 Å². The van der Waals surface area contributed by atoms with Crippen LogP contribution in [0, 0.1) is 55.4 Å². The number of para-hydroxylation sites is 9. The number of hydrogen-bond acceptors (Lipinski definition) is 8. The average Bonchev–Trinajstić information content (AvgIpc) is 1.50. The molecule has 16 heteroatoms. The molecule has 0 bridgehead atoms. The summed E-state index contributed by atoms with van der Waals surface area (Å²) >= 11 is 7.04. The van der Waals surface area contributed by atoms with E-state index in [1.165, 1.54) is 186 Å². The molecule has 0 atom stereocenters. The van der Waals surface area contributed by atoms with Gasteiger partial charge in [0, 0.05) is 16.7 Å². The fourth-order valence-electron chi connectivity index (χ4n) is 19.9. The summed E-state index contributed by atoms with van der Waals surface area (Å²) in [5, 5.41) is 4.41. The molecule has 672 valence electrons. The molecule has 0 radical (unpaired) electrons. The van der Waals surface area contributed by atoms with Gasteiger partial charge < -0.3 is 0 Å². The number of aromatic nitrogens is 12. The lowest BCUT2D eigenvalue weighted by Gasteiger charge is -2.21. The van der Waals surface area contributed by atoms with Crippen LogP contribution in [0.2, 0.25) is 0 Å². The summed E-state index contributed by atoms with van der Waals surface area (Å²) < 4.78 is 24.0. The number of hydrogen-bond donors (Lipinski definition) is 0. The number of rotatable bonds is 13. The Kier molecular flexibility index (Phi) is 24.1. The first-order chi connectivity index (χ1) is 65.7. The molecular weight excluding hydrogens is 1740 g/mol. The molecule has 0 unspecified atom stereocenters. The summed E-state index contributed by atoms with van der Waals surface area (Å²) in [6.45, 7) is 33.2. The Morgan fingerprint density at radius 2 is 0.544 bits per heavy atom. The zero-order chi connectivity index (χ0) is 94.4. The summed E-state index contributed by atoms with van der Waals surface area (Å²) in [6.07, 6.45) is 0. The van der Waals surface area contributed by atoms with E-state index in [0.717, 1.165) is 59.4 Å². The van der Waals surface area contributed by atoms with Gasteiger partial charge in [-0.25, -0.2) is 38.2 Å². The minimum absolute atomic E-state index is 0.134. The molecule has 12 nitrogen and oxygen atoms in total. The summed E-state index contributed by atoms with van der Waals surface area (Å²) in [7, 11) is 8.68. The van der Waals surface area contributed by atoms with Crippen LogP contribution in [0.25, 0.3) is 187 Å². The lowest BCUT2D eigenvalue weighted by Crippen LogP contribution is -2.30. The molecule has 23 rings (SSSR count). The predicted molar refractivity (Wildman–Crippen MR) is 573 cm³/mol. The highest BCUT2D eigenvalue weighted by Gasteiger charge is 2.36. The van der Waals surface area contributed by atoms with E-state index in [-0.39, 0.29) is 5.41 Å². The molecular formula is C120H112N12S4+4. The van der Waals surface area contributed by atoms with Crippen molar-refractivity contribution in [2.24, 2.45) is 28.2 Å². The van der Waals surface area contributed by atoms with Crippen LogP contribution in [0.15, 0.2) is 322 Å². The molecule has 0 fully saturated rings. The lowest BCUT2D eigenvalue weighted by atomic mass is 9.87. The number of benzene rings is 15. The molecule has 0 N–H and O–H groups in total. The predicted octanol–water partition coefficient (Wildman–Crippen LogP) is 29.9. The zero-order valence-corrected chi connectivity index (χ0v) is 84.0. The Bertz CT molecular complexity index is 8490. The van der Waals surface area contributed by atoms with Gasteiger partial charge in [0.15, 0.2) is 44.1 Å². The highest BCUT2D eigenvalue weighted by Crippen LogP contribution is 2.45. The van der Waals surface area contributed by atoms with Crippen LogP contribution in [0.5, 0.6) is 0 Å². The first kappa shape index (κ1) is 89.6. The minimum Gasteiger partial charge on any atom is -0.241 e. The van der Waals surface area contributed by atoms with Crippen LogP contribution >= 0.6 is 45.3 Å². The molecule has 0 aliphatic heterocycles. The molecule has 0 amide bonds. The molecule has 23 aromatic rings. The van der Waals surface area contributed by atoms with E-state index in [9.17, 15) is 0 Å². The van der Waals surface area contributed by atoms with Crippen LogP contribution in [-0.4, -0.2) is 38.2 Å². The Hall–Kier alpha value is -14.3. The monoisotopic (exact) mass is 1850 g/mol. The van der Waals surface area contributed by atoms with E-state index < -0.39 is 0 Å². The third-order valence-corrected chi connectivity index (χ3v) is 30.3. The number of thiazole rings is 4. The Labute approximate surface area is 812 Å². The lowest BCUT2D eigenvalue weighted by molar-refractivity contribution is -0.634. The zero-order valence-electron chi connectivity index (χ0n) is 80.8. The molecule has 15 aromatic carbocycles. The Morgan fingerprint density at radius 1 is 0.265 bits per heavy atom. The summed E-state index contributed by atoms with van der Waals surface area (Å²) in [4.78, 5) is 19.2. The van der Waals surface area contributed by atoms with Gasteiger partial charge in [-0.05, 0) is 268 Å². The first-order valence-corrected chi connectivity index (χ1v) is 50.1. The molecule has 136 heavy (non-hydrogen) atoms. The second kappa shape index (κ2) is 36.5. The molecule has 8 aromatic heterocycles. The third-order valence-electron chi connectivity index (χ3n) is 26.6. The number of imidazole rings is 4. The van der Waals surface area contributed by atoms with Crippen LogP contribution < -0.4 is 18.3 Å². The molecule has 0 aliphatic rings. The van der Waals surface area contributed by atoms with Gasteiger partial charge in [0.1, 0.15) is 22.7 Å². The maximum atomic E-state index is 4.86. The van der Waals surface area contributed by atoms with Crippen molar-refractivity contribution in [1.82, 2.24) is 38.2 Å². The summed E-state index contributed by atoms with van der Waals surface area (Å²) in [5.41, 5.74) is 40.2. The molecule has 0 aliphatic carbocycles. The van der Waals surface area contributed by atoms with Gasteiger partial charge in [-0.1, -0.05) is 230 Å². The van der Waals surface area contributed by atoms with Crippen molar-refractivity contribution in [3.63, 3.8) is 0 Å². The standard InChI is InChI=1S/C35H36N3S.2C29H24N3S.C27H28N3S/c1-21(2)27-18-26(25-13-9-8-10-14-25)19-28(22(3)4)34(27)38-32-16-12-11-15-31(32)37(7)35(38)29-20-30-33(17-23(29)5)39-24(6)36-30;1-19-17-28-24(30-20(2)33-28)18-23(19)29-31(3)26-15-9-10-16-27(26)32(29)25-14-8-7-13-22(25)21-11-5-4-6-12-21;1-19-17-28-25(30-20(2)33-28)18-24(19)29-31(3)26-11-7-8-12-27(26)32(29)23-15-13-22(14-16-23)21-9-5-4-6-10-21;1-17-15-25-22(28-18(2)31-25)16-21(17)26-29(6)23-9-7-8-10-24(23)30(26)20-13-11-19(12-14-20)27(3,4)5/h8-22H,1-7H3;2*4-18H,1-3H3;7-16H,1-6H3/q4*+1. The van der Waals surface area contributed by atoms with Crippen molar-refractivity contribution in [2.75, 3.05) is 0 Å². The van der Waals surface area contributed by atoms with Crippen molar-refractivity contribution < 1.29 is 18.3 Å². The maximum absolute atomic E-state index is 4.86. The average molecular weight is 1850 g/mol. The van der Waals surface area contributed by atoms with Crippen molar-refractivity contribution in [3.05, 3.63) is 380 Å². The Morgan fingerprint density at radius 3 is 0.897 bits per heavy atom. The number of fused-ring (bicyclic) bond motifs is 8. The quantitative estimate of drug-likeness (QED) is 0.108. The third kappa shape index (κ3) is 16.6. The highest BCUT2D eigenvalue weighted by atomic mass is 32.1. The topological polar surface area (TPSA) is 86.8 Å². The number of nitrogens with zero attached hydrogens (tertiary/aromatic N) is 12. The van der Waals surface area contributed by atoms with E-state index in [1.54, 1.807) is 45.3 Å². The van der Waals surface area contributed by atoms with Gasteiger partial charge in [-0.2, -0.15) is 18.3 Å². The van der Waals surface area contributed by atoms with Gasteiger partial charge in [0.2, 0.25) is 0 Å². The van der Waals surface area contributed by atoms with Gasteiger partial charge in [-0.3, -0.25) is 0 Å².